The topological polar surface area (TPSA) is 44.8 Å². The average molecular weight is 325 g/mol. The summed E-state index contributed by atoms with van der Waals surface area (Å²) in [5.41, 5.74) is 0.406. The Balaban J connectivity index is 2.13. The molecule has 116 valence electrons. The van der Waals surface area contributed by atoms with Crippen molar-refractivity contribution >= 4 is 17.6 Å². The second-order valence-electron chi connectivity index (χ2n) is 4.35. The molecule has 0 aliphatic heterocycles. The first-order chi connectivity index (χ1) is 10.6. The number of rotatable bonds is 5. The van der Waals surface area contributed by atoms with Gasteiger partial charge in [-0.05, 0) is 30.3 Å². The van der Waals surface area contributed by atoms with E-state index < -0.39 is 11.8 Å². The van der Waals surface area contributed by atoms with Crippen molar-refractivity contribution in [2.75, 3.05) is 14.2 Å². The van der Waals surface area contributed by atoms with Crippen LogP contribution >= 0.6 is 11.6 Å². The highest BCUT2D eigenvalue weighted by atomic mass is 35.5. The molecule has 0 saturated carbocycles. The Morgan fingerprint density at radius 1 is 1.14 bits per heavy atom. The zero-order valence-electron chi connectivity index (χ0n) is 12.1. The molecule has 0 unspecified atom stereocenters. The first-order valence-corrected chi connectivity index (χ1v) is 6.76. The Labute approximate surface area is 132 Å². The molecule has 0 heterocycles. The van der Waals surface area contributed by atoms with Gasteiger partial charge in [-0.25, -0.2) is 9.18 Å². The molecule has 2 rings (SSSR count). The van der Waals surface area contributed by atoms with E-state index in [1.807, 2.05) is 0 Å². The Hall–Kier alpha value is -2.27. The van der Waals surface area contributed by atoms with Gasteiger partial charge in [0.15, 0.2) is 11.5 Å². The Kier molecular flexibility index (Phi) is 5.22. The molecule has 2 aromatic carbocycles. The summed E-state index contributed by atoms with van der Waals surface area (Å²) in [6, 6.07) is 8.88. The van der Waals surface area contributed by atoms with E-state index in [9.17, 15) is 9.18 Å². The van der Waals surface area contributed by atoms with Crippen molar-refractivity contribution in [1.82, 2.24) is 0 Å². The molecule has 0 aliphatic carbocycles. The van der Waals surface area contributed by atoms with Crippen LogP contribution < -0.4 is 9.47 Å². The van der Waals surface area contributed by atoms with Gasteiger partial charge in [0.05, 0.1) is 24.8 Å². The highest BCUT2D eigenvalue weighted by Gasteiger charge is 2.14. The summed E-state index contributed by atoms with van der Waals surface area (Å²) in [5.74, 6) is -0.232. The van der Waals surface area contributed by atoms with Gasteiger partial charge in [-0.3, -0.25) is 0 Å². The molecule has 0 aromatic heterocycles. The molecule has 0 atom stereocenters. The lowest BCUT2D eigenvalue weighted by Gasteiger charge is -2.10. The van der Waals surface area contributed by atoms with Gasteiger partial charge in [-0.1, -0.05) is 17.7 Å². The molecule has 0 aliphatic rings. The van der Waals surface area contributed by atoms with Gasteiger partial charge in [0, 0.05) is 5.56 Å². The monoisotopic (exact) mass is 324 g/mol. The summed E-state index contributed by atoms with van der Waals surface area (Å²) in [6.45, 7) is -0.251. The van der Waals surface area contributed by atoms with Crippen LogP contribution in [0.25, 0.3) is 0 Å². The number of carbonyl (C=O) groups excluding carboxylic acids is 1. The molecule has 0 N–H and O–H groups in total. The van der Waals surface area contributed by atoms with E-state index in [0.717, 1.165) is 0 Å². The van der Waals surface area contributed by atoms with E-state index in [2.05, 4.69) is 0 Å². The fourth-order valence-corrected chi connectivity index (χ4v) is 2.07. The predicted octanol–water partition coefficient (Wildman–Crippen LogP) is 3.85. The van der Waals surface area contributed by atoms with Gasteiger partial charge in [-0.2, -0.15) is 0 Å². The maximum atomic E-state index is 13.6. The SMILES string of the molecule is COc1ccc(C(=O)OCc2c(F)cccc2Cl)cc1OC. The van der Waals surface area contributed by atoms with Crippen molar-refractivity contribution < 1.29 is 23.4 Å². The standard InChI is InChI=1S/C16H14ClFO4/c1-20-14-7-6-10(8-15(14)21-2)16(19)22-9-11-12(17)4-3-5-13(11)18/h3-8H,9H2,1-2H3. The van der Waals surface area contributed by atoms with E-state index in [4.69, 9.17) is 25.8 Å². The lowest BCUT2D eigenvalue weighted by Crippen LogP contribution is -2.07. The van der Waals surface area contributed by atoms with Gasteiger partial charge in [0.1, 0.15) is 12.4 Å². The molecule has 4 nitrogen and oxygen atoms in total. The highest BCUT2D eigenvalue weighted by Crippen LogP contribution is 2.28. The Morgan fingerprint density at radius 3 is 2.50 bits per heavy atom. The number of ether oxygens (including phenoxy) is 3. The fourth-order valence-electron chi connectivity index (χ4n) is 1.85. The first-order valence-electron chi connectivity index (χ1n) is 6.39. The van der Waals surface area contributed by atoms with Crippen LogP contribution in [0.5, 0.6) is 11.5 Å². The van der Waals surface area contributed by atoms with E-state index in [-0.39, 0.29) is 22.8 Å². The molecular formula is C16H14ClFO4. The van der Waals surface area contributed by atoms with Crippen molar-refractivity contribution in [1.29, 1.82) is 0 Å². The average Bonchev–Trinajstić information content (AvgIpc) is 2.53. The molecular weight excluding hydrogens is 311 g/mol. The van der Waals surface area contributed by atoms with Gasteiger partial charge in [0.25, 0.3) is 0 Å². The second kappa shape index (κ2) is 7.13. The van der Waals surface area contributed by atoms with Gasteiger partial charge in [-0.15, -0.1) is 0 Å². The van der Waals surface area contributed by atoms with E-state index >= 15 is 0 Å². The quantitative estimate of drug-likeness (QED) is 0.784. The van der Waals surface area contributed by atoms with Crippen molar-refractivity contribution in [2.24, 2.45) is 0 Å². The Morgan fingerprint density at radius 2 is 1.86 bits per heavy atom. The molecule has 22 heavy (non-hydrogen) atoms. The van der Waals surface area contributed by atoms with Crippen molar-refractivity contribution in [2.45, 2.75) is 6.61 Å². The van der Waals surface area contributed by atoms with E-state index in [0.29, 0.717) is 11.5 Å². The van der Waals surface area contributed by atoms with Crippen LogP contribution in [0.2, 0.25) is 5.02 Å². The van der Waals surface area contributed by atoms with Gasteiger partial charge >= 0.3 is 5.97 Å². The third-order valence-electron chi connectivity index (χ3n) is 3.03. The Bertz CT molecular complexity index is 668. The van der Waals surface area contributed by atoms with Crippen LogP contribution in [0.15, 0.2) is 36.4 Å². The van der Waals surface area contributed by atoms with Crippen LogP contribution in [0.3, 0.4) is 0 Å². The fraction of sp³-hybridized carbons (Fsp3) is 0.188. The summed E-state index contributed by atoms with van der Waals surface area (Å²) < 4.78 is 28.9. The largest absolute Gasteiger partial charge is 0.493 e. The van der Waals surface area contributed by atoms with Gasteiger partial charge in [0.2, 0.25) is 0 Å². The number of halogens is 2. The molecule has 0 fully saturated rings. The minimum absolute atomic E-state index is 0.137. The normalized spacial score (nSPS) is 10.2. The van der Waals surface area contributed by atoms with Crippen molar-refractivity contribution in [3.63, 3.8) is 0 Å². The predicted molar refractivity (Wildman–Crippen MR) is 80.1 cm³/mol. The van der Waals surface area contributed by atoms with Crippen LogP contribution in [0, 0.1) is 5.82 Å². The molecule has 0 spiro atoms. The van der Waals surface area contributed by atoms with E-state index in [1.165, 1.54) is 44.6 Å². The summed E-state index contributed by atoms with van der Waals surface area (Å²) in [4.78, 5) is 12.0. The maximum Gasteiger partial charge on any atom is 0.338 e. The smallest absolute Gasteiger partial charge is 0.338 e. The first kappa shape index (κ1) is 16.1. The number of hydrogen-bond donors (Lipinski definition) is 0. The molecule has 0 saturated heterocycles. The van der Waals surface area contributed by atoms with Gasteiger partial charge < -0.3 is 14.2 Å². The van der Waals surface area contributed by atoms with Crippen LogP contribution in [-0.2, 0) is 11.3 Å². The zero-order valence-corrected chi connectivity index (χ0v) is 12.8. The minimum Gasteiger partial charge on any atom is -0.493 e. The second-order valence-corrected chi connectivity index (χ2v) is 4.75. The van der Waals surface area contributed by atoms with Crippen molar-refractivity contribution in [3.05, 3.63) is 58.4 Å². The molecule has 0 bridgehead atoms. The van der Waals surface area contributed by atoms with E-state index in [1.54, 1.807) is 6.07 Å². The zero-order chi connectivity index (χ0) is 16.1. The maximum absolute atomic E-state index is 13.6. The number of carbonyl (C=O) groups is 1. The summed E-state index contributed by atoms with van der Waals surface area (Å²) in [7, 11) is 2.96. The summed E-state index contributed by atoms with van der Waals surface area (Å²) in [6.07, 6.45) is 0. The summed E-state index contributed by atoms with van der Waals surface area (Å²) in [5, 5.41) is 0.208. The molecule has 6 heteroatoms. The summed E-state index contributed by atoms with van der Waals surface area (Å²) >= 11 is 5.88. The number of methoxy groups -OCH3 is 2. The van der Waals surface area contributed by atoms with Crippen LogP contribution in [-0.4, -0.2) is 20.2 Å². The number of benzene rings is 2. The third-order valence-corrected chi connectivity index (χ3v) is 3.38. The molecule has 2 aromatic rings. The lowest BCUT2D eigenvalue weighted by molar-refractivity contribution is 0.0468. The third kappa shape index (κ3) is 3.49. The number of hydrogen-bond acceptors (Lipinski definition) is 4. The molecule has 0 radical (unpaired) electrons. The molecule has 0 amide bonds. The van der Waals surface area contributed by atoms with Crippen molar-refractivity contribution in [3.8, 4) is 11.5 Å². The lowest BCUT2D eigenvalue weighted by atomic mass is 10.2. The minimum atomic E-state index is -0.611. The van der Waals surface area contributed by atoms with Crippen LogP contribution in [0.1, 0.15) is 15.9 Å². The van der Waals surface area contributed by atoms with Crippen LogP contribution in [0.4, 0.5) is 4.39 Å². The number of esters is 1. The highest BCUT2D eigenvalue weighted by molar-refractivity contribution is 6.31.